The molecule has 4 nitrogen and oxygen atoms in total. The SMILES string of the molecule is CCCNCCNCC(N)=O. The summed E-state index contributed by atoms with van der Waals surface area (Å²) in [4.78, 5) is 10.2. The van der Waals surface area contributed by atoms with Crippen LogP contribution in [0.25, 0.3) is 0 Å². The zero-order valence-corrected chi connectivity index (χ0v) is 7.02. The van der Waals surface area contributed by atoms with E-state index in [1.165, 1.54) is 0 Å². The second-order valence-electron chi connectivity index (χ2n) is 2.39. The Bertz CT molecular complexity index is 106. The quantitative estimate of drug-likeness (QED) is 0.420. The van der Waals surface area contributed by atoms with Gasteiger partial charge < -0.3 is 16.4 Å². The van der Waals surface area contributed by atoms with E-state index in [1.54, 1.807) is 0 Å². The van der Waals surface area contributed by atoms with Crippen molar-refractivity contribution in [2.24, 2.45) is 5.73 Å². The zero-order valence-electron chi connectivity index (χ0n) is 7.02. The minimum absolute atomic E-state index is 0.272. The van der Waals surface area contributed by atoms with E-state index < -0.39 is 0 Å². The Morgan fingerprint density at radius 2 is 1.91 bits per heavy atom. The first kappa shape index (κ1) is 10.4. The summed E-state index contributed by atoms with van der Waals surface area (Å²) in [6.45, 7) is 5.10. The van der Waals surface area contributed by atoms with Crippen molar-refractivity contribution in [3.05, 3.63) is 0 Å². The highest BCUT2D eigenvalue weighted by molar-refractivity contribution is 5.75. The molecule has 1 amide bonds. The van der Waals surface area contributed by atoms with E-state index >= 15 is 0 Å². The third-order valence-corrected chi connectivity index (χ3v) is 1.20. The molecule has 0 spiro atoms. The monoisotopic (exact) mass is 159 g/mol. The average molecular weight is 159 g/mol. The van der Waals surface area contributed by atoms with E-state index in [0.717, 1.165) is 26.1 Å². The Labute approximate surface area is 67.5 Å². The Balaban J connectivity index is 2.85. The lowest BCUT2D eigenvalue weighted by molar-refractivity contribution is -0.117. The lowest BCUT2D eigenvalue weighted by Gasteiger charge is -2.02. The molecule has 0 radical (unpaired) electrons. The van der Waals surface area contributed by atoms with E-state index in [1.807, 2.05) is 0 Å². The van der Waals surface area contributed by atoms with Crippen molar-refractivity contribution in [3.8, 4) is 0 Å². The van der Waals surface area contributed by atoms with E-state index in [4.69, 9.17) is 5.73 Å². The van der Waals surface area contributed by atoms with E-state index in [-0.39, 0.29) is 12.5 Å². The van der Waals surface area contributed by atoms with Crippen LogP contribution in [0, 0.1) is 0 Å². The molecule has 0 aromatic rings. The minimum atomic E-state index is -0.305. The van der Waals surface area contributed by atoms with Crippen molar-refractivity contribution >= 4 is 5.91 Å². The van der Waals surface area contributed by atoms with Crippen molar-refractivity contribution in [2.75, 3.05) is 26.2 Å². The van der Waals surface area contributed by atoms with Crippen molar-refractivity contribution in [3.63, 3.8) is 0 Å². The lowest BCUT2D eigenvalue weighted by Crippen LogP contribution is -2.33. The number of carbonyl (C=O) groups is 1. The number of nitrogens with one attached hydrogen (secondary N) is 2. The Morgan fingerprint density at radius 1 is 1.27 bits per heavy atom. The van der Waals surface area contributed by atoms with Crippen LogP contribution in [0.4, 0.5) is 0 Å². The van der Waals surface area contributed by atoms with Gasteiger partial charge in [0.25, 0.3) is 0 Å². The molecule has 0 fully saturated rings. The maximum Gasteiger partial charge on any atom is 0.231 e. The third kappa shape index (κ3) is 9.39. The average Bonchev–Trinajstić information content (AvgIpc) is 1.96. The highest BCUT2D eigenvalue weighted by Crippen LogP contribution is 1.67. The van der Waals surface area contributed by atoms with Crippen LogP contribution in [0.1, 0.15) is 13.3 Å². The number of hydrogen-bond donors (Lipinski definition) is 3. The predicted molar refractivity (Wildman–Crippen MR) is 45.2 cm³/mol. The van der Waals surface area contributed by atoms with E-state index in [0.29, 0.717) is 0 Å². The molecule has 0 bridgehead atoms. The second kappa shape index (κ2) is 7.50. The summed E-state index contributed by atoms with van der Waals surface area (Å²) in [5, 5.41) is 6.10. The van der Waals surface area contributed by atoms with Gasteiger partial charge >= 0.3 is 0 Å². The third-order valence-electron chi connectivity index (χ3n) is 1.20. The highest BCUT2D eigenvalue weighted by Gasteiger charge is 1.90. The van der Waals surface area contributed by atoms with Crippen LogP contribution in [0.15, 0.2) is 0 Å². The molecule has 0 aromatic heterocycles. The normalized spacial score (nSPS) is 9.91. The molecule has 0 aliphatic rings. The molecule has 0 aliphatic heterocycles. The van der Waals surface area contributed by atoms with Crippen LogP contribution in [0.5, 0.6) is 0 Å². The molecule has 0 heterocycles. The fraction of sp³-hybridized carbons (Fsp3) is 0.857. The molecule has 0 saturated carbocycles. The van der Waals surface area contributed by atoms with Gasteiger partial charge in [0.1, 0.15) is 0 Å². The van der Waals surface area contributed by atoms with Crippen LogP contribution >= 0.6 is 0 Å². The van der Waals surface area contributed by atoms with Gasteiger partial charge in [0.05, 0.1) is 6.54 Å². The molecule has 0 unspecified atom stereocenters. The molecule has 4 heteroatoms. The van der Waals surface area contributed by atoms with Crippen LogP contribution < -0.4 is 16.4 Å². The highest BCUT2D eigenvalue weighted by atomic mass is 16.1. The first-order valence-corrected chi connectivity index (χ1v) is 3.97. The molecule has 4 N–H and O–H groups in total. The predicted octanol–water partition coefficient (Wildman–Crippen LogP) is -0.939. The summed E-state index contributed by atoms with van der Waals surface area (Å²) in [5.41, 5.74) is 4.91. The van der Waals surface area contributed by atoms with Crippen molar-refractivity contribution in [1.29, 1.82) is 0 Å². The van der Waals surface area contributed by atoms with Gasteiger partial charge in [0, 0.05) is 13.1 Å². The smallest absolute Gasteiger partial charge is 0.231 e. The first-order valence-electron chi connectivity index (χ1n) is 3.97. The summed E-state index contributed by atoms with van der Waals surface area (Å²) in [7, 11) is 0. The maximum atomic E-state index is 10.2. The molecule has 0 aromatic carbocycles. The summed E-state index contributed by atoms with van der Waals surface area (Å²) in [6.07, 6.45) is 1.13. The summed E-state index contributed by atoms with van der Waals surface area (Å²) >= 11 is 0. The Hall–Kier alpha value is -0.610. The van der Waals surface area contributed by atoms with Crippen LogP contribution in [0.3, 0.4) is 0 Å². The van der Waals surface area contributed by atoms with Crippen LogP contribution in [0.2, 0.25) is 0 Å². The van der Waals surface area contributed by atoms with Crippen molar-refractivity contribution in [1.82, 2.24) is 10.6 Å². The number of amides is 1. The van der Waals surface area contributed by atoms with Gasteiger partial charge in [-0.3, -0.25) is 4.79 Å². The van der Waals surface area contributed by atoms with E-state index in [2.05, 4.69) is 17.6 Å². The molecular weight excluding hydrogens is 142 g/mol. The molecule has 11 heavy (non-hydrogen) atoms. The number of nitrogens with two attached hydrogens (primary N) is 1. The van der Waals surface area contributed by atoms with E-state index in [9.17, 15) is 4.79 Å². The molecular formula is C7H17N3O. The maximum absolute atomic E-state index is 10.2. The van der Waals surface area contributed by atoms with Crippen molar-refractivity contribution < 1.29 is 4.79 Å². The topological polar surface area (TPSA) is 67.2 Å². The van der Waals surface area contributed by atoms with Crippen molar-refractivity contribution in [2.45, 2.75) is 13.3 Å². The largest absolute Gasteiger partial charge is 0.369 e. The standard InChI is InChI=1S/C7H17N3O/c1-2-3-9-4-5-10-6-7(8)11/h9-10H,2-6H2,1H3,(H2,8,11). The van der Waals surface area contributed by atoms with Gasteiger partial charge in [-0.15, -0.1) is 0 Å². The Morgan fingerprint density at radius 3 is 2.45 bits per heavy atom. The van der Waals surface area contributed by atoms with Gasteiger partial charge in [-0.25, -0.2) is 0 Å². The fourth-order valence-electron chi connectivity index (χ4n) is 0.690. The minimum Gasteiger partial charge on any atom is -0.369 e. The van der Waals surface area contributed by atoms with Gasteiger partial charge in [-0.2, -0.15) is 0 Å². The number of rotatable bonds is 7. The number of primary amides is 1. The first-order chi connectivity index (χ1) is 5.27. The zero-order chi connectivity index (χ0) is 8.53. The molecule has 0 aliphatic carbocycles. The lowest BCUT2D eigenvalue weighted by atomic mass is 10.4. The number of carbonyl (C=O) groups excluding carboxylic acids is 1. The number of hydrogen-bond acceptors (Lipinski definition) is 3. The Kier molecular flexibility index (Phi) is 7.08. The van der Waals surface area contributed by atoms with Gasteiger partial charge in [0.15, 0.2) is 0 Å². The summed E-state index contributed by atoms with van der Waals surface area (Å²) in [5.74, 6) is -0.305. The van der Waals surface area contributed by atoms with Gasteiger partial charge in [-0.05, 0) is 13.0 Å². The van der Waals surface area contributed by atoms with Crippen LogP contribution in [-0.2, 0) is 4.79 Å². The molecule has 0 atom stereocenters. The molecule has 66 valence electrons. The van der Waals surface area contributed by atoms with Gasteiger partial charge in [0.2, 0.25) is 5.91 Å². The second-order valence-corrected chi connectivity index (χ2v) is 2.39. The molecule has 0 rings (SSSR count). The summed E-state index contributed by atoms with van der Waals surface area (Å²) < 4.78 is 0. The fourth-order valence-corrected chi connectivity index (χ4v) is 0.690. The van der Waals surface area contributed by atoms with Gasteiger partial charge in [-0.1, -0.05) is 6.92 Å². The molecule has 0 saturated heterocycles. The summed E-state index contributed by atoms with van der Waals surface area (Å²) in [6, 6.07) is 0. The van der Waals surface area contributed by atoms with Crippen LogP contribution in [-0.4, -0.2) is 32.1 Å².